The molecule has 0 fully saturated rings. The maximum atomic E-state index is 10.7. The fraction of sp³-hybridized carbons (Fsp3) is 0.633. The van der Waals surface area contributed by atoms with Gasteiger partial charge in [0.25, 0.3) is 0 Å². The van der Waals surface area contributed by atoms with Crippen LogP contribution in [0.4, 0.5) is 0 Å². The topological polar surface area (TPSA) is 58.9 Å². The van der Waals surface area contributed by atoms with Crippen molar-refractivity contribution in [3.63, 3.8) is 0 Å². The van der Waals surface area contributed by atoms with Gasteiger partial charge in [0.15, 0.2) is 11.5 Å². The van der Waals surface area contributed by atoms with Crippen LogP contribution in [0.1, 0.15) is 176 Å². The van der Waals surface area contributed by atoms with Crippen LogP contribution >= 0.6 is 0 Å². The molecule has 1 rings (SSSR count). The molecule has 0 aromatic heterocycles. The molecule has 0 amide bonds. The van der Waals surface area contributed by atoms with E-state index >= 15 is 0 Å². The van der Waals surface area contributed by atoms with Crippen LogP contribution in [0.2, 0.25) is 0 Å². The first-order valence-electron chi connectivity index (χ1n) is 20.8. The third kappa shape index (κ3) is 20.8. The lowest BCUT2D eigenvalue weighted by atomic mass is 9.96. The Bertz CT molecular complexity index is 1400. The van der Waals surface area contributed by atoms with Crippen LogP contribution in [0.3, 0.4) is 0 Å². The van der Waals surface area contributed by atoms with Gasteiger partial charge in [0.05, 0.1) is 14.2 Å². The number of hydrogen-bond acceptors (Lipinski definition) is 4. The Balaban J connectivity index is 2.30. The highest BCUT2D eigenvalue weighted by Crippen LogP contribution is 2.48. The average Bonchev–Trinajstić information content (AvgIpc) is 3.09. The summed E-state index contributed by atoms with van der Waals surface area (Å²) in [7, 11) is 2.92. The number of rotatable bonds is 27. The van der Waals surface area contributed by atoms with Crippen molar-refractivity contribution >= 4 is 0 Å². The van der Waals surface area contributed by atoms with Crippen LogP contribution in [-0.4, -0.2) is 24.4 Å². The zero-order valence-electron chi connectivity index (χ0n) is 36.4. The van der Waals surface area contributed by atoms with Gasteiger partial charge in [-0.2, -0.15) is 0 Å². The Morgan fingerprint density at radius 2 is 0.887 bits per heavy atom. The number of benzene rings is 1. The van der Waals surface area contributed by atoms with Gasteiger partial charge in [-0.25, -0.2) is 0 Å². The van der Waals surface area contributed by atoms with Crippen LogP contribution in [0.25, 0.3) is 0 Å². The predicted molar refractivity (Wildman–Crippen MR) is 232 cm³/mol. The summed E-state index contributed by atoms with van der Waals surface area (Å²) in [5.74, 6) is 1.96. The molecule has 0 aliphatic heterocycles. The molecule has 1 unspecified atom stereocenters. The van der Waals surface area contributed by atoms with Gasteiger partial charge in [-0.1, -0.05) is 104 Å². The highest BCUT2D eigenvalue weighted by atomic mass is 16.5. The molecule has 0 saturated carbocycles. The summed E-state index contributed by atoms with van der Waals surface area (Å²) in [6.45, 7) is 22.4. The van der Waals surface area contributed by atoms with Gasteiger partial charge in [0.2, 0.25) is 11.5 Å². The molecular formula is C49H80O4. The zero-order valence-corrected chi connectivity index (χ0v) is 36.4. The maximum absolute atomic E-state index is 10.7. The monoisotopic (exact) mass is 733 g/mol. The fourth-order valence-corrected chi connectivity index (χ4v) is 6.82. The molecule has 4 nitrogen and oxygen atoms in total. The number of allylic oxidation sites excluding steroid dienone is 12. The number of phenolic OH excluding ortho intramolecular Hbond substituents is 2. The molecular weight excluding hydrogens is 653 g/mol. The Hall–Kier alpha value is -3.14. The smallest absolute Gasteiger partial charge is 0.207 e. The molecule has 0 aliphatic carbocycles. The number of ether oxygens (including phenoxy) is 2. The quantitative estimate of drug-likeness (QED) is 0.0698. The van der Waals surface area contributed by atoms with Crippen molar-refractivity contribution in [1.29, 1.82) is 0 Å². The Labute approximate surface area is 327 Å². The summed E-state index contributed by atoms with van der Waals surface area (Å²) in [6, 6.07) is 0. The van der Waals surface area contributed by atoms with E-state index in [1.54, 1.807) is 18.1 Å². The van der Waals surface area contributed by atoms with Gasteiger partial charge >= 0.3 is 0 Å². The van der Waals surface area contributed by atoms with Crippen molar-refractivity contribution in [2.24, 2.45) is 11.8 Å². The third-order valence-electron chi connectivity index (χ3n) is 10.7. The summed E-state index contributed by atoms with van der Waals surface area (Å²) < 4.78 is 10.5. The van der Waals surface area contributed by atoms with Gasteiger partial charge in [-0.3, -0.25) is 0 Å². The molecule has 1 aromatic rings. The van der Waals surface area contributed by atoms with Gasteiger partial charge in [0, 0.05) is 11.1 Å². The van der Waals surface area contributed by atoms with Gasteiger partial charge in [-0.15, -0.1) is 0 Å². The minimum Gasteiger partial charge on any atom is -0.504 e. The first-order chi connectivity index (χ1) is 25.2. The zero-order chi connectivity index (χ0) is 39.8. The molecule has 300 valence electrons. The van der Waals surface area contributed by atoms with Crippen LogP contribution in [0.15, 0.2) is 69.9 Å². The third-order valence-corrected chi connectivity index (χ3v) is 10.7. The molecule has 0 heterocycles. The Morgan fingerprint density at radius 3 is 1.32 bits per heavy atom. The summed E-state index contributed by atoms with van der Waals surface area (Å²) in [5.41, 5.74) is 10.1. The van der Waals surface area contributed by atoms with Crippen molar-refractivity contribution in [2.45, 2.75) is 178 Å². The first kappa shape index (κ1) is 47.9. The molecule has 0 aliphatic rings. The fourth-order valence-electron chi connectivity index (χ4n) is 6.82. The molecule has 2 N–H and O–H groups in total. The van der Waals surface area contributed by atoms with Crippen molar-refractivity contribution < 1.29 is 19.7 Å². The second-order valence-corrected chi connectivity index (χ2v) is 16.4. The lowest BCUT2D eigenvalue weighted by molar-refractivity contribution is 0.314. The summed E-state index contributed by atoms with van der Waals surface area (Å²) in [6.07, 6.45) is 34.0. The second-order valence-electron chi connectivity index (χ2n) is 16.4. The van der Waals surface area contributed by atoms with Gasteiger partial charge in [0.1, 0.15) is 0 Å². The minimum atomic E-state index is 0.0101. The van der Waals surface area contributed by atoms with E-state index in [1.807, 2.05) is 0 Å². The largest absolute Gasteiger partial charge is 0.504 e. The van der Waals surface area contributed by atoms with E-state index in [0.29, 0.717) is 17.5 Å². The second kappa shape index (κ2) is 27.4. The van der Waals surface area contributed by atoms with Crippen LogP contribution in [0, 0.1) is 18.8 Å². The van der Waals surface area contributed by atoms with Crippen molar-refractivity contribution in [2.75, 3.05) is 14.2 Å². The van der Waals surface area contributed by atoms with E-state index < -0.39 is 0 Å². The van der Waals surface area contributed by atoms with E-state index in [2.05, 4.69) is 98.8 Å². The highest BCUT2D eigenvalue weighted by molar-refractivity contribution is 5.66. The van der Waals surface area contributed by atoms with E-state index in [-0.39, 0.29) is 23.0 Å². The number of phenols is 2. The summed E-state index contributed by atoms with van der Waals surface area (Å²) in [5, 5.41) is 21.2. The number of hydrogen-bond donors (Lipinski definition) is 2. The molecule has 0 bridgehead atoms. The SMILES string of the molecule is COc1c(O)c(C)c(C/C=C(\C)CC/C=C(\C)CC/C=C(\C)CCCC(C)CC/C=C(\C)CC/C=C(\C)CC/C=C(\C)CCCC(C)C)c(O)c1OC. The Kier molecular flexibility index (Phi) is 24.8. The van der Waals surface area contributed by atoms with Crippen molar-refractivity contribution in [3.05, 3.63) is 81.0 Å². The molecule has 0 radical (unpaired) electrons. The molecule has 1 aromatic carbocycles. The van der Waals surface area contributed by atoms with Gasteiger partial charge in [-0.05, 0) is 157 Å². The molecule has 53 heavy (non-hydrogen) atoms. The minimum absolute atomic E-state index is 0.0101. The van der Waals surface area contributed by atoms with E-state index in [9.17, 15) is 10.2 Å². The van der Waals surface area contributed by atoms with E-state index in [0.717, 1.165) is 37.5 Å². The van der Waals surface area contributed by atoms with Crippen molar-refractivity contribution in [3.8, 4) is 23.0 Å². The average molecular weight is 733 g/mol. The predicted octanol–water partition coefficient (Wildman–Crippen LogP) is 15.2. The van der Waals surface area contributed by atoms with Crippen molar-refractivity contribution in [1.82, 2.24) is 0 Å². The standard InChI is InChI=1S/C49H80O4/c1-36(2)20-13-21-37(3)22-14-23-38(4)24-15-25-39(5)26-16-27-40(6)28-17-29-41(7)30-18-31-42(8)32-19-33-43(9)34-35-45-44(10)46(50)48(52-11)49(53-12)47(45)51/h22,24,26,30,32,34,36,40,50-51H,13-21,23,25,27-29,31,33,35H2,1-12H3/b37-22+,38-24+,39-26+,41-30+,42-32+,43-34+. The highest BCUT2D eigenvalue weighted by Gasteiger charge is 2.22. The molecule has 1 atom stereocenters. The first-order valence-corrected chi connectivity index (χ1v) is 20.8. The van der Waals surface area contributed by atoms with Crippen LogP contribution < -0.4 is 9.47 Å². The van der Waals surface area contributed by atoms with E-state index in [4.69, 9.17) is 9.47 Å². The molecule has 4 heteroatoms. The number of methoxy groups -OCH3 is 2. The van der Waals surface area contributed by atoms with E-state index in [1.165, 1.54) is 114 Å². The lowest BCUT2D eigenvalue weighted by Crippen LogP contribution is -1.98. The maximum Gasteiger partial charge on any atom is 0.207 e. The van der Waals surface area contributed by atoms with Gasteiger partial charge < -0.3 is 19.7 Å². The van der Waals surface area contributed by atoms with Crippen LogP contribution in [0.5, 0.6) is 23.0 Å². The summed E-state index contributed by atoms with van der Waals surface area (Å²) >= 11 is 0. The molecule has 0 saturated heterocycles. The Morgan fingerprint density at radius 1 is 0.509 bits per heavy atom. The normalized spacial score (nSPS) is 14.4. The molecule has 0 spiro atoms. The lowest BCUT2D eigenvalue weighted by Gasteiger charge is -2.17. The van der Waals surface area contributed by atoms with Crippen LogP contribution in [-0.2, 0) is 6.42 Å². The number of aromatic hydroxyl groups is 2. The summed E-state index contributed by atoms with van der Waals surface area (Å²) in [4.78, 5) is 0.